The molecule has 0 bridgehead atoms. The quantitative estimate of drug-likeness (QED) is 0.525. The minimum Gasteiger partial charge on any atom is -0.419 e. The van der Waals surface area contributed by atoms with E-state index in [0.717, 1.165) is 47.8 Å². The van der Waals surface area contributed by atoms with Crippen LogP contribution in [0.15, 0.2) is 52.5 Å². The lowest BCUT2D eigenvalue weighted by molar-refractivity contribution is 0.173. The topological polar surface area (TPSA) is 71.2 Å². The summed E-state index contributed by atoms with van der Waals surface area (Å²) in [6, 6.07) is 12.1. The normalized spacial score (nSPS) is 16.5. The molecule has 0 amide bonds. The van der Waals surface area contributed by atoms with Crippen LogP contribution < -0.4 is 4.90 Å². The molecule has 0 aliphatic carbocycles. The van der Waals surface area contributed by atoms with Gasteiger partial charge in [-0.2, -0.15) is 0 Å². The number of anilines is 1. The Bertz CT molecular complexity index is 1070. The predicted octanol–water partition coefficient (Wildman–Crippen LogP) is 3.62. The van der Waals surface area contributed by atoms with E-state index in [-0.39, 0.29) is 6.04 Å². The van der Waals surface area contributed by atoms with Gasteiger partial charge in [-0.25, -0.2) is 9.97 Å². The van der Waals surface area contributed by atoms with Gasteiger partial charge in [-0.3, -0.25) is 4.90 Å². The van der Waals surface area contributed by atoms with E-state index in [9.17, 15) is 0 Å². The zero-order valence-corrected chi connectivity index (χ0v) is 16.3. The Labute approximate surface area is 166 Å². The van der Waals surface area contributed by atoms with E-state index >= 15 is 0 Å². The second-order valence-electron chi connectivity index (χ2n) is 6.85. The zero-order valence-electron chi connectivity index (χ0n) is 15.5. The molecule has 0 radical (unpaired) electrons. The van der Waals surface area contributed by atoms with Gasteiger partial charge in [0.15, 0.2) is 0 Å². The monoisotopic (exact) mass is 392 g/mol. The number of benzene rings is 1. The molecule has 28 heavy (non-hydrogen) atoms. The summed E-state index contributed by atoms with van der Waals surface area (Å²) >= 11 is 1.65. The number of hydrogen-bond donors (Lipinski definition) is 0. The highest BCUT2D eigenvalue weighted by Crippen LogP contribution is 2.29. The van der Waals surface area contributed by atoms with E-state index in [2.05, 4.69) is 48.3 Å². The van der Waals surface area contributed by atoms with Gasteiger partial charge in [0.1, 0.15) is 17.0 Å². The molecule has 1 aliphatic heterocycles. The van der Waals surface area contributed by atoms with Crippen molar-refractivity contribution in [1.29, 1.82) is 0 Å². The summed E-state index contributed by atoms with van der Waals surface area (Å²) in [6.07, 6.45) is 1.66. The van der Waals surface area contributed by atoms with Crippen molar-refractivity contribution in [3.63, 3.8) is 0 Å². The van der Waals surface area contributed by atoms with Gasteiger partial charge in [-0.05, 0) is 30.5 Å². The lowest BCUT2D eigenvalue weighted by Crippen LogP contribution is -2.47. The lowest BCUT2D eigenvalue weighted by atomic mass is 10.2. The molecule has 4 heterocycles. The first-order chi connectivity index (χ1) is 13.8. The van der Waals surface area contributed by atoms with Gasteiger partial charge in [-0.15, -0.1) is 21.5 Å². The summed E-state index contributed by atoms with van der Waals surface area (Å²) in [5.74, 6) is 2.26. The van der Waals surface area contributed by atoms with Gasteiger partial charge in [0.05, 0.1) is 11.4 Å². The third-order valence-electron chi connectivity index (χ3n) is 5.22. The summed E-state index contributed by atoms with van der Waals surface area (Å²) in [7, 11) is 0. The maximum absolute atomic E-state index is 5.95. The molecule has 3 aromatic heterocycles. The maximum atomic E-state index is 5.95. The first-order valence-electron chi connectivity index (χ1n) is 9.35. The highest BCUT2D eigenvalue weighted by molar-refractivity contribution is 7.16. The second kappa shape index (κ2) is 7.29. The average molecular weight is 392 g/mol. The summed E-state index contributed by atoms with van der Waals surface area (Å²) in [6.45, 7) is 5.78. The van der Waals surface area contributed by atoms with Crippen LogP contribution in [0.2, 0.25) is 0 Å². The Morgan fingerprint density at radius 2 is 1.82 bits per heavy atom. The van der Waals surface area contributed by atoms with E-state index in [1.54, 1.807) is 17.7 Å². The van der Waals surface area contributed by atoms with Crippen molar-refractivity contribution >= 4 is 27.4 Å². The standard InChI is InChI=1S/C20H20N6OS/c1-14(18-23-24-19(27-18)15-5-3-2-4-6-15)25-8-10-26(11-9-25)17-16-7-12-28-20(16)22-13-21-17/h2-7,12-14H,8-11H2,1H3. The van der Waals surface area contributed by atoms with Gasteiger partial charge < -0.3 is 9.32 Å². The Balaban J connectivity index is 1.28. The smallest absolute Gasteiger partial charge is 0.247 e. The summed E-state index contributed by atoms with van der Waals surface area (Å²) in [5, 5.41) is 11.7. The average Bonchev–Trinajstić information content (AvgIpc) is 3.43. The molecular weight excluding hydrogens is 372 g/mol. The minimum atomic E-state index is 0.0821. The SMILES string of the molecule is CC(c1nnc(-c2ccccc2)o1)N1CCN(c2ncnc3sccc23)CC1. The number of piperazine rings is 1. The van der Waals surface area contributed by atoms with Crippen LogP contribution in [0, 0.1) is 0 Å². The molecule has 0 N–H and O–H groups in total. The fraction of sp³-hybridized carbons (Fsp3) is 0.300. The molecule has 1 aromatic carbocycles. The van der Waals surface area contributed by atoms with Crippen molar-refractivity contribution in [3.8, 4) is 11.5 Å². The number of aromatic nitrogens is 4. The van der Waals surface area contributed by atoms with Gasteiger partial charge in [-0.1, -0.05) is 18.2 Å². The molecule has 1 atom stereocenters. The van der Waals surface area contributed by atoms with Crippen molar-refractivity contribution < 1.29 is 4.42 Å². The van der Waals surface area contributed by atoms with E-state index in [1.807, 2.05) is 30.3 Å². The van der Waals surface area contributed by atoms with Crippen LogP contribution in [0.5, 0.6) is 0 Å². The van der Waals surface area contributed by atoms with Crippen LogP contribution in [0.3, 0.4) is 0 Å². The van der Waals surface area contributed by atoms with Crippen molar-refractivity contribution in [2.24, 2.45) is 0 Å². The number of hydrogen-bond acceptors (Lipinski definition) is 8. The van der Waals surface area contributed by atoms with Crippen molar-refractivity contribution in [1.82, 2.24) is 25.1 Å². The Hall–Kier alpha value is -2.84. The zero-order chi connectivity index (χ0) is 18.9. The molecule has 0 saturated carbocycles. The first-order valence-corrected chi connectivity index (χ1v) is 10.2. The highest BCUT2D eigenvalue weighted by Gasteiger charge is 2.27. The van der Waals surface area contributed by atoms with Gasteiger partial charge in [0, 0.05) is 31.7 Å². The fourth-order valence-corrected chi connectivity index (χ4v) is 4.33. The number of rotatable bonds is 4. The largest absolute Gasteiger partial charge is 0.419 e. The number of fused-ring (bicyclic) bond motifs is 1. The number of thiophene rings is 1. The summed E-state index contributed by atoms with van der Waals surface area (Å²) in [5.41, 5.74) is 0.946. The first kappa shape index (κ1) is 17.3. The minimum absolute atomic E-state index is 0.0821. The Morgan fingerprint density at radius 1 is 1.00 bits per heavy atom. The van der Waals surface area contributed by atoms with Crippen molar-refractivity contribution in [2.45, 2.75) is 13.0 Å². The Kier molecular flexibility index (Phi) is 4.50. The molecule has 0 spiro atoms. The van der Waals surface area contributed by atoms with E-state index in [1.165, 1.54) is 0 Å². The molecule has 1 aliphatic rings. The molecule has 7 nitrogen and oxygen atoms in total. The molecular formula is C20H20N6OS. The van der Waals surface area contributed by atoms with Crippen LogP contribution in [0.4, 0.5) is 5.82 Å². The fourth-order valence-electron chi connectivity index (χ4n) is 3.61. The van der Waals surface area contributed by atoms with Crippen LogP contribution in [0.25, 0.3) is 21.7 Å². The van der Waals surface area contributed by atoms with Crippen molar-refractivity contribution in [3.05, 3.63) is 54.0 Å². The molecule has 1 unspecified atom stereocenters. The Morgan fingerprint density at radius 3 is 2.64 bits per heavy atom. The highest BCUT2D eigenvalue weighted by atomic mass is 32.1. The van der Waals surface area contributed by atoms with Gasteiger partial charge in [0.2, 0.25) is 11.8 Å². The molecule has 142 valence electrons. The number of nitrogens with zero attached hydrogens (tertiary/aromatic N) is 6. The van der Waals surface area contributed by atoms with Gasteiger partial charge in [0.25, 0.3) is 0 Å². The molecule has 4 aromatic rings. The second-order valence-corrected chi connectivity index (χ2v) is 7.74. The predicted molar refractivity (Wildman–Crippen MR) is 109 cm³/mol. The molecule has 5 rings (SSSR count). The maximum Gasteiger partial charge on any atom is 0.247 e. The van der Waals surface area contributed by atoms with Crippen LogP contribution in [-0.2, 0) is 0 Å². The lowest BCUT2D eigenvalue weighted by Gasteiger charge is -2.37. The third-order valence-corrected chi connectivity index (χ3v) is 6.04. The molecule has 1 fully saturated rings. The van der Waals surface area contributed by atoms with E-state index in [0.29, 0.717) is 11.8 Å². The summed E-state index contributed by atoms with van der Waals surface area (Å²) < 4.78 is 5.95. The van der Waals surface area contributed by atoms with Crippen LogP contribution in [0.1, 0.15) is 18.9 Å². The van der Waals surface area contributed by atoms with Gasteiger partial charge >= 0.3 is 0 Å². The van der Waals surface area contributed by atoms with Crippen LogP contribution in [-0.4, -0.2) is 51.2 Å². The molecule has 8 heteroatoms. The van der Waals surface area contributed by atoms with Crippen molar-refractivity contribution in [2.75, 3.05) is 31.1 Å². The van der Waals surface area contributed by atoms with Crippen LogP contribution >= 0.6 is 11.3 Å². The van der Waals surface area contributed by atoms with E-state index < -0.39 is 0 Å². The third kappa shape index (κ3) is 3.14. The molecule has 1 saturated heterocycles. The summed E-state index contributed by atoms with van der Waals surface area (Å²) in [4.78, 5) is 14.6. The van der Waals surface area contributed by atoms with E-state index in [4.69, 9.17) is 4.42 Å².